The lowest BCUT2D eigenvalue weighted by atomic mass is 10.1. The summed E-state index contributed by atoms with van der Waals surface area (Å²) in [7, 11) is -12.6. The average Bonchev–Trinajstić information content (AvgIpc) is 3.33. The third kappa shape index (κ3) is 17.3. The summed E-state index contributed by atoms with van der Waals surface area (Å²) >= 11 is 0. The van der Waals surface area contributed by atoms with Gasteiger partial charge in [0.1, 0.15) is 0 Å². The molecule has 0 aliphatic carbocycles. The number of allylic oxidation sites excluding steroid dienone is 4. The van der Waals surface area contributed by atoms with E-state index in [1.807, 2.05) is 76.2 Å². The van der Waals surface area contributed by atoms with Gasteiger partial charge in [-0.05, 0) is 175 Å². The van der Waals surface area contributed by atoms with Gasteiger partial charge in [-0.3, -0.25) is 19.2 Å². The van der Waals surface area contributed by atoms with Crippen molar-refractivity contribution < 1.29 is 35.6 Å². The van der Waals surface area contributed by atoms with Crippen molar-refractivity contribution in [1.29, 1.82) is 0 Å². The van der Waals surface area contributed by atoms with Crippen LogP contribution in [0.2, 0.25) is 50.4 Å². The smallest absolute Gasteiger partial charge is 0.317 e. The largest absolute Gasteiger partial charge is 0.416 e. The maximum Gasteiger partial charge on any atom is 0.317 e. The lowest BCUT2D eigenvalue weighted by Gasteiger charge is -2.50. The van der Waals surface area contributed by atoms with Crippen LogP contribution in [0.3, 0.4) is 0 Å². The highest BCUT2D eigenvalue weighted by Crippen LogP contribution is 2.39. The minimum atomic E-state index is -3.14. The molecule has 1 saturated heterocycles. The van der Waals surface area contributed by atoms with Crippen molar-refractivity contribution in [2.24, 2.45) is 0 Å². The van der Waals surface area contributed by atoms with Crippen molar-refractivity contribution in [3.63, 3.8) is 0 Å². The van der Waals surface area contributed by atoms with Gasteiger partial charge in [-0.2, -0.15) is 0 Å². The number of benzene rings is 4. The molecule has 4 aromatic carbocycles. The third-order valence-electron chi connectivity index (χ3n) is 12.7. The van der Waals surface area contributed by atoms with Gasteiger partial charge in [0.2, 0.25) is 0 Å². The van der Waals surface area contributed by atoms with E-state index in [9.17, 15) is 19.2 Å². The molecule has 384 valence electrons. The highest BCUT2D eigenvalue weighted by molar-refractivity contribution is 6.93. The first-order valence-electron chi connectivity index (χ1n) is 25.0. The molecule has 0 bridgehead atoms. The predicted octanol–water partition coefficient (Wildman–Crippen LogP) is 11.8. The quantitative estimate of drug-likeness (QED) is 0.0400. The van der Waals surface area contributed by atoms with Gasteiger partial charge in [0.15, 0.2) is 0 Å². The number of amides is 4. The molecule has 16 heteroatoms. The SMILES string of the molecule is C=C(C)c1ccc(C(=O)NCCC[Si]2(C)O[Si](C)(CCCNC(=O)c3ccc(C(=C)C)cc3)O[Si](C)(CCCNC(=O)c3ccc(C(=C)C)cc3)O[Si](C)(CCCNC(=O)c3ccc(C(=C)C)cc3)O2)cc1. The van der Waals surface area contributed by atoms with Crippen LogP contribution < -0.4 is 21.3 Å². The normalized spacial score (nSPS) is 20.8. The zero-order valence-corrected chi connectivity index (χ0v) is 47.8. The standard InChI is InChI=1S/C56H76N4O8Si4/c1-41(2)45-17-25-49(26-18-45)53(61)57-33-13-37-69(9)65-70(10,38-14-34-58-54(62)50-27-19-46(20-28-50)42(3)4)67-72(12,40-16-36-60-56(64)52-31-23-48(24-32-52)44(7)8)68-71(11,66-69)39-15-35-59-55(63)51-29-21-47(22-30-51)43(5)6/h17-32H,1,3,5,7,13-16,33-40H2,2,4,6,8-12H3,(H,57,61)(H,58,62)(H,59,63)(H,60,64). The molecule has 4 N–H and O–H groups in total. The van der Waals surface area contributed by atoms with Crippen LogP contribution in [0, 0.1) is 0 Å². The fraction of sp³-hybridized carbons (Fsp3) is 0.357. The molecule has 1 fully saturated rings. The average molecular weight is 1050 g/mol. The van der Waals surface area contributed by atoms with E-state index in [4.69, 9.17) is 16.5 Å². The van der Waals surface area contributed by atoms with E-state index in [0.29, 0.717) is 98.3 Å². The maximum absolute atomic E-state index is 13.2. The van der Waals surface area contributed by atoms with Gasteiger partial charge in [0, 0.05) is 48.4 Å². The summed E-state index contributed by atoms with van der Waals surface area (Å²) in [5.74, 6) is -0.663. The number of carbonyl (C=O) groups excluding carboxylic acids is 4. The Kier molecular flexibility index (Phi) is 20.6. The van der Waals surface area contributed by atoms with Crippen molar-refractivity contribution >= 4 is 80.2 Å². The molecule has 0 spiro atoms. The lowest BCUT2D eigenvalue weighted by Crippen LogP contribution is -2.67. The van der Waals surface area contributed by atoms with Crippen molar-refractivity contribution in [2.75, 3.05) is 26.2 Å². The van der Waals surface area contributed by atoms with Crippen LogP contribution in [0.15, 0.2) is 123 Å². The van der Waals surface area contributed by atoms with E-state index < -0.39 is 34.2 Å². The molecule has 0 saturated carbocycles. The lowest BCUT2D eigenvalue weighted by molar-refractivity contribution is 0.0945. The highest BCUT2D eigenvalue weighted by Gasteiger charge is 2.56. The van der Waals surface area contributed by atoms with Crippen LogP contribution in [-0.2, 0) is 16.5 Å². The summed E-state index contributed by atoms with van der Waals surface area (Å²) in [6.45, 7) is 33.6. The first-order valence-corrected chi connectivity index (χ1v) is 35.1. The van der Waals surface area contributed by atoms with Gasteiger partial charge in [-0.15, -0.1) is 0 Å². The molecule has 4 aromatic rings. The molecule has 0 atom stereocenters. The van der Waals surface area contributed by atoms with Crippen LogP contribution in [-0.4, -0.2) is 84.1 Å². The summed E-state index contributed by atoms with van der Waals surface area (Å²) in [6.07, 6.45) is 2.38. The van der Waals surface area contributed by atoms with Gasteiger partial charge in [-0.1, -0.05) is 97.1 Å². The maximum atomic E-state index is 13.2. The summed E-state index contributed by atoms with van der Waals surface area (Å²) in [5.41, 5.74) is 9.89. The molecule has 5 rings (SSSR count). The van der Waals surface area contributed by atoms with E-state index in [1.54, 1.807) is 48.5 Å². The Labute approximate surface area is 432 Å². The Hall–Kier alpha value is -5.57. The van der Waals surface area contributed by atoms with Crippen molar-refractivity contribution in [3.05, 3.63) is 168 Å². The Balaban J connectivity index is 1.34. The first kappa shape index (κ1) is 57.3. The van der Waals surface area contributed by atoms with Gasteiger partial charge in [0.25, 0.3) is 23.6 Å². The molecule has 0 unspecified atom stereocenters. The summed E-state index contributed by atoms with van der Waals surface area (Å²) < 4.78 is 29.6. The fourth-order valence-electron chi connectivity index (χ4n) is 8.80. The van der Waals surface area contributed by atoms with Crippen LogP contribution in [0.25, 0.3) is 22.3 Å². The van der Waals surface area contributed by atoms with Crippen LogP contribution in [0.1, 0.15) is 117 Å². The molecular weight excluding hydrogens is 969 g/mol. The Morgan fingerprint density at radius 1 is 0.333 bits per heavy atom. The molecule has 4 amide bonds. The number of hydrogen-bond acceptors (Lipinski definition) is 8. The zero-order chi connectivity index (χ0) is 52.7. The number of carbonyl (C=O) groups is 4. The van der Waals surface area contributed by atoms with Crippen LogP contribution >= 0.6 is 0 Å². The second kappa shape index (κ2) is 25.9. The van der Waals surface area contributed by atoms with E-state index >= 15 is 0 Å². The van der Waals surface area contributed by atoms with E-state index in [0.717, 1.165) is 44.5 Å². The molecule has 1 aliphatic rings. The minimum Gasteiger partial charge on any atom is -0.416 e. The van der Waals surface area contributed by atoms with E-state index in [2.05, 4.69) is 73.8 Å². The Morgan fingerprint density at radius 3 is 0.639 bits per heavy atom. The van der Waals surface area contributed by atoms with Crippen LogP contribution in [0.5, 0.6) is 0 Å². The summed E-state index contributed by atoms with van der Waals surface area (Å²) in [4.78, 5) is 53.0. The van der Waals surface area contributed by atoms with E-state index in [1.165, 1.54) is 0 Å². The van der Waals surface area contributed by atoms with Crippen molar-refractivity contribution in [3.8, 4) is 0 Å². The van der Waals surface area contributed by atoms with Crippen molar-refractivity contribution in [2.45, 2.75) is 104 Å². The molecule has 1 aliphatic heterocycles. The van der Waals surface area contributed by atoms with Crippen LogP contribution in [0.4, 0.5) is 0 Å². The van der Waals surface area contributed by atoms with Crippen molar-refractivity contribution in [1.82, 2.24) is 21.3 Å². The zero-order valence-electron chi connectivity index (χ0n) is 43.8. The van der Waals surface area contributed by atoms with Gasteiger partial charge in [0.05, 0.1) is 0 Å². The van der Waals surface area contributed by atoms with Gasteiger partial charge >= 0.3 is 34.2 Å². The molecule has 12 nitrogen and oxygen atoms in total. The molecular formula is C56H76N4O8Si4. The third-order valence-corrected chi connectivity index (χ3v) is 31.5. The van der Waals surface area contributed by atoms with Gasteiger partial charge < -0.3 is 37.7 Å². The molecule has 1 heterocycles. The molecule has 0 aromatic heterocycles. The predicted molar refractivity (Wildman–Crippen MR) is 302 cm³/mol. The second-order valence-electron chi connectivity index (χ2n) is 19.8. The number of nitrogens with one attached hydrogen (secondary N) is 4. The molecule has 72 heavy (non-hydrogen) atoms. The van der Waals surface area contributed by atoms with E-state index in [-0.39, 0.29) is 23.6 Å². The Morgan fingerprint density at radius 2 is 0.486 bits per heavy atom. The van der Waals surface area contributed by atoms with Gasteiger partial charge in [-0.25, -0.2) is 0 Å². The minimum absolute atomic E-state index is 0.166. The number of rotatable bonds is 24. The Bertz CT molecular complexity index is 2220. The fourth-order valence-corrected chi connectivity index (χ4v) is 32.1. The molecule has 0 radical (unpaired) electrons. The summed E-state index contributed by atoms with van der Waals surface area (Å²) in [6, 6.07) is 31.9. The monoisotopic (exact) mass is 1040 g/mol. The number of hydrogen-bond donors (Lipinski definition) is 4. The second-order valence-corrected chi connectivity index (χ2v) is 34.1. The first-order chi connectivity index (χ1) is 34.0. The summed E-state index contributed by atoms with van der Waals surface area (Å²) in [5, 5.41) is 12.3. The topological polar surface area (TPSA) is 153 Å². The highest BCUT2D eigenvalue weighted by atomic mass is 28.5.